The SMILES string of the molecule is Cn1cc(COc2ccc(Br)cn2)cn1. The van der Waals surface area contributed by atoms with Crippen LogP contribution >= 0.6 is 15.9 Å². The molecule has 0 aliphatic rings. The van der Waals surface area contributed by atoms with Crippen molar-refractivity contribution in [2.24, 2.45) is 7.05 Å². The third kappa shape index (κ3) is 2.79. The minimum absolute atomic E-state index is 0.489. The van der Waals surface area contributed by atoms with Crippen molar-refractivity contribution in [1.82, 2.24) is 14.8 Å². The molecule has 2 aromatic rings. The van der Waals surface area contributed by atoms with Crippen molar-refractivity contribution in [3.8, 4) is 5.88 Å². The van der Waals surface area contributed by atoms with E-state index in [4.69, 9.17) is 4.74 Å². The lowest BCUT2D eigenvalue weighted by Gasteiger charge is -2.02. The molecule has 0 aromatic carbocycles. The summed E-state index contributed by atoms with van der Waals surface area (Å²) in [6.45, 7) is 0.489. The first-order valence-corrected chi connectivity index (χ1v) is 5.25. The summed E-state index contributed by atoms with van der Waals surface area (Å²) < 4.78 is 8.16. The summed E-state index contributed by atoms with van der Waals surface area (Å²) in [4.78, 5) is 4.10. The summed E-state index contributed by atoms with van der Waals surface area (Å²) in [6.07, 6.45) is 5.40. The predicted octanol–water partition coefficient (Wildman–Crippen LogP) is 2.16. The number of aryl methyl sites for hydroxylation is 1. The van der Waals surface area contributed by atoms with Crippen molar-refractivity contribution in [2.75, 3.05) is 0 Å². The Balaban J connectivity index is 1.96. The topological polar surface area (TPSA) is 39.9 Å². The Kier molecular flexibility index (Phi) is 3.01. The average Bonchev–Trinajstić information content (AvgIpc) is 2.64. The first-order chi connectivity index (χ1) is 7.24. The highest BCUT2D eigenvalue weighted by Crippen LogP contribution is 2.13. The van der Waals surface area contributed by atoms with Gasteiger partial charge in [0.05, 0.1) is 6.20 Å². The summed E-state index contributed by atoms with van der Waals surface area (Å²) in [5.41, 5.74) is 1.03. The Bertz CT molecular complexity index is 438. The molecule has 5 heteroatoms. The summed E-state index contributed by atoms with van der Waals surface area (Å²) >= 11 is 3.31. The van der Waals surface area contributed by atoms with Crippen molar-refractivity contribution >= 4 is 15.9 Å². The van der Waals surface area contributed by atoms with Gasteiger partial charge in [-0.05, 0) is 22.0 Å². The molecule has 0 unspecified atom stereocenters. The van der Waals surface area contributed by atoms with Gasteiger partial charge in [0, 0.05) is 35.5 Å². The molecule has 15 heavy (non-hydrogen) atoms. The molecule has 0 radical (unpaired) electrons. The van der Waals surface area contributed by atoms with Gasteiger partial charge in [-0.25, -0.2) is 4.98 Å². The monoisotopic (exact) mass is 267 g/mol. The van der Waals surface area contributed by atoms with Gasteiger partial charge in [0.15, 0.2) is 0 Å². The first-order valence-electron chi connectivity index (χ1n) is 4.46. The Labute approximate surface area is 96.0 Å². The number of halogens is 1. The van der Waals surface area contributed by atoms with Crippen LogP contribution in [-0.2, 0) is 13.7 Å². The maximum absolute atomic E-state index is 5.48. The standard InChI is InChI=1S/C10H10BrN3O/c1-14-6-8(4-13-14)7-15-10-3-2-9(11)5-12-10/h2-6H,7H2,1H3. The van der Waals surface area contributed by atoms with E-state index in [2.05, 4.69) is 26.0 Å². The fourth-order valence-corrected chi connectivity index (χ4v) is 1.39. The van der Waals surface area contributed by atoms with E-state index in [0.29, 0.717) is 12.5 Å². The minimum atomic E-state index is 0.489. The summed E-state index contributed by atoms with van der Waals surface area (Å²) in [5.74, 6) is 0.613. The smallest absolute Gasteiger partial charge is 0.213 e. The lowest BCUT2D eigenvalue weighted by Crippen LogP contribution is -1.95. The van der Waals surface area contributed by atoms with Gasteiger partial charge in [0.1, 0.15) is 6.61 Å². The lowest BCUT2D eigenvalue weighted by atomic mass is 10.4. The third-order valence-electron chi connectivity index (χ3n) is 1.85. The fraction of sp³-hybridized carbons (Fsp3) is 0.200. The minimum Gasteiger partial charge on any atom is -0.473 e. The predicted molar refractivity (Wildman–Crippen MR) is 59.5 cm³/mol. The number of pyridine rings is 1. The van der Waals surface area contributed by atoms with E-state index in [9.17, 15) is 0 Å². The molecule has 0 fully saturated rings. The number of nitrogens with zero attached hydrogens (tertiary/aromatic N) is 3. The van der Waals surface area contributed by atoms with Crippen LogP contribution in [0, 0.1) is 0 Å². The zero-order valence-electron chi connectivity index (χ0n) is 8.22. The Morgan fingerprint density at radius 2 is 2.27 bits per heavy atom. The second-order valence-electron chi connectivity index (χ2n) is 3.13. The zero-order chi connectivity index (χ0) is 10.7. The van der Waals surface area contributed by atoms with Crippen LogP contribution in [0.15, 0.2) is 35.2 Å². The van der Waals surface area contributed by atoms with Crippen LogP contribution < -0.4 is 4.74 Å². The molecular formula is C10H10BrN3O. The quantitative estimate of drug-likeness (QED) is 0.856. The summed E-state index contributed by atoms with van der Waals surface area (Å²) in [7, 11) is 1.88. The molecule has 2 rings (SSSR count). The molecule has 0 amide bonds. The fourth-order valence-electron chi connectivity index (χ4n) is 1.15. The van der Waals surface area contributed by atoms with Crippen molar-refractivity contribution in [3.05, 3.63) is 40.8 Å². The van der Waals surface area contributed by atoms with Crippen molar-refractivity contribution < 1.29 is 4.74 Å². The van der Waals surface area contributed by atoms with Crippen molar-refractivity contribution in [1.29, 1.82) is 0 Å². The van der Waals surface area contributed by atoms with Crippen molar-refractivity contribution in [2.45, 2.75) is 6.61 Å². The second-order valence-corrected chi connectivity index (χ2v) is 4.04. The van der Waals surface area contributed by atoms with E-state index in [1.807, 2.05) is 25.4 Å². The number of rotatable bonds is 3. The Morgan fingerprint density at radius 3 is 2.87 bits per heavy atom. The molecule has 0 saturated heterocycles. The van der Waals surface area contributed by atoms with E-state index in [-0.39, 0.29) is 0 Å². The van der Waals surface area contributed by atoms with Gasteiger partial charge in [-0.2, -0.15) is 5.10 Å². The van der Waals surface area contributed by atoms with Crippen LogP contribution in [0.25, 0.3) is 0 Å². The van der Waals surface area contributed by atoms with E-state index in [0.717, 1.165) is 10.0 Å². The van der Waals surface area contributed by atoms with E-state index in [1.54, 1.807) is 17.1 Å². The van der Waals surface area contributed by atoms with Crippen LogP contribution in [-0.4, -0.2) is 14.8 Å². The maximum Gasteiger partial charge on any atom is 0.213 e. The number of ether oxygens (including phenoxy) is 1. The normalized spacial score (nSPS) is 10.3. The molecule has 0 spiro atoms. The molecule has 0 aliphatic heterocycles. The number of hydrogen-bond acceptors (Lipinski definition) is 3. The average molecular weight is 268 g/mol. The van der Waals surface area contributed by atoms with Crippen LogP contribution in [0.1, 0.15) is 5.56 Å². The molecule has 0 N–H and O–H groups in total. The van der Waals surface area contributed by atoms with Crippen LogP contribution in [0.4, 0.5) is 0 Å². The second kappa shape index (κ2) is 4.44. The Morgan fingerprint density at radius 1 is 1.40 bits per heavy atom. The molecule has 2 heterocycles. The van der Waals surface area contributed by atoms with Crippen molar-refractivity contribution in [3.63, 3.8) is 0 Å². The molecule has 0 bridgehead atoms. The van der Waals surface area contributed by atoms with Gasteiger partial charge in [-0.3, -0.25) is 4.68 Å². The summed E-state index contributed by atoms with van der Waals surface area (Å²) in [5, 5.41) is 4.05. The maximum atomic E-state index is 5.48. The molecule has 0 atom stereocenters. The van der Waals surface area contributed by atoms with Gasteiger partial charge >= 0.3 is 0 Å². The first kappa shape index (κ1) is 10.2. The van der Waals surface area contributed by atoms with Gasteiger partial charge in [-0.15, -0.1) is 0 Å². The van der Waals surface area contributed by atoms with Gasteiger partial charge in [0.25, 0.3) is 0 Å². The van der Waals surface area contributed by atoms with E-state index in [1.165, 1.54) is 0 Å². The molecule has 0 saturated carbocycles. The third-order valence-corrected chi connectivity index (χ3v) is 2.31. The van der Waals surface area contributed by atoms with Gasteiger partial charge < -0.3 is 4.74 Å². The van der Waals surface area contributed by atoms with Crippen LogP contribution in [0.3, 0.4) is 0 Å². The van der Waals surface area contributed by atoms with Crippen LogP contribution in [0.2, 0.25) is 0 Å². The zero-order valence-corrected chi connectivity index (χ0v) is 9.81. The molecule has 2 aromatic heterocycles. The highest BCUT2D eigenvalue weighted by atomic mass is 79.9. The largest absolute Gasteiger partial charge is 0.473 e. The van der Waals surface area contributed by atoms with Gasteiger partial charge in [0.2, 0.25) is 5.88 Å². The molecule has 0 aliphatic carbocycles. The molecule has 78 valence electrons. The van der Waals surface area contributed by atoms with E-state index < -0.39 is 0 Å². The molecular weight excluding hydrogens is 258 g/mol. The van der Waals surface area contributed by atoms with Crippen LogP contribution in [0.5, 0.6) is 5.88 Å². The van der Waals surface area contributed by atoms with E-state index >= 15 is 0 Å². The highest BCUT2D eigenvalue weighted by Gasteiger charge is 1.98. The molecule has 4 nitrogen and oxygen atoms in total. The highest BCUT2D eigenvalue weighted by molar-refractivity contribution is 9.10. The van der Waals surface area contributed by atoms with Gasteiger partial charge in [-0.1, -0.05) is 0 Å². The Hall–Kier alpha value is -1.36. The number of aromatic nitrogens is 3. The number of hydrogen-bond donors (Lipinski definition) is 0. The lowest BCUT2D eigenvalue weighted by molar-refractivity contribution is 0.293. The summed E-state index contributed by atoms with van der Waals surface area (Å²) in [6, 6.07) is 3.71.